The number of nitrogens with one attached hydrogen (secondary N) is 1. The van der Waals surface area contributed by atoms with Crippen molar-refractivity contribution in [2.75, 3.05) is 18.4 Å². The van der Waals surface area contributed by atoms with Gasteiger partial charge in [0.1, 0.15) is 12.1 Å². The molecule has 238 valence electrons. The molecule has 6 nitrogen and oxygen atoms in total. The van der Waals surface area contributed by atoms with Crippen molar-refractivity contribution < 1.29 is 45.6 Å². The highest BCUT2D eigenvalue weighted by atomic mass is 19.4. The van der Waals surface area contributed by atoms with Crippen LogP contribution in [0.3, 0.4) is 0 Å². The van der Waals surface area contributed by atoms with E-state index in [9.17, 15) is 41.5 Å². The molecule has 3 aromatic carbocycles. The molecular weight excluding hydrogens is 590 g/mol. The van der Waals surface area contributed by atoms with E-state index in [0.717, 1.165) is 48.5 Å². The number of anilines is 1. The van der Waals surface area contributed by atoms with Crippen molar-refractivity contribution >= 4 is 11.8 Å². The van der Waals surface area contributed by atoms with Crippen molar-refractivity contribution in [3.8, 4) is 0 Å². The number of piperidine rings is 1. The van der Waals surface area contributed by atoms with Crippen molar-refractivity contribution in [1.82, 2.24) is 0 Å². The minimum absolute atomic E-state index is 0.0506. The predicted molar refractivity (Wildman–Crippen MR) is 152 cm³/mol. The van der Waals surface area contributed by atoms with Crippen LogP contribution < -0.4 is 5.32 Å². The van der Waals surface area contributed by atoms with Gasteiger partial charge in [-0.3, -0.25) is 5.32 Å². The lowest BCUT2D eigenvalue weighted by molar-refractivity contribution is -0.904. The molecule has 3 atom stereocenters. The van der Waals surface area contributed by atoms with E-state index in [1.165, 1.54) is 0 Å². The minimum Gasteiger partial charge on any atom is -0.633 e. The summed E-state index contributed by atoms with van der Waals surface area (Å²) >= 11 is 0. The Hall–Kier alpha value is -3.61. The van der Waals surface area contributed by atoms with E-state index in [1.807, 2.05) is 0 Å². The Labute approximate surface area is 251 Å². The molecular formula is C32H34F6N2O4. The largest absolute Gasteiger partial charge is 0.633 e. The van der Waals surface area contributed by atoms with E-state index in [-0.39, 0.29) is 43.3 Å². The predicted octanol–water partition coefficient (Wildman–Crippen LogP) is 8.09. The van der Waals surface area contributed by atoms with Gasteiger partial charge in [0, 0.05) is 29.5 Å². The van der Waals surface area contributed by atoms with Crippen LogP contribution in [-0.2, 0) is 29.2 Å². The molecule has 0 spiro atoms. The Morgan fingerprint density at radius 2 is 1.34 bits per heavy atom. The van der Waals surface area contributed by atoms with Gasteiger partial charge in [-0.25, -0.2) is 4.79 Å². The highest BCUT2D eigenvalue weighted by molar-refractivity contribution is 5.84. The minimum atomic E-state index is -4.62. The van der Waals surface area contributed by atoms with Crippen molar-refractivity contribution in [2.24, 2.45) is 11.8 Å². The third kappa shape index (κ3) is 7.54. The van der Waals surface area contributed by atoms with Crippen LogP contribution in [-0.4, -0.2) is 35.0 Å². The molecule has 12 heteroatoms. The number of hydrogen-bond acceptors (Lipinski definition) is 4. The molecule has 0 saturated carbocycles. The lowest BCUT2D eigenvalue weighted by Crippen LogP contribution is -2.55. The molecule has 1 aliphatic heterocycles. The summed E-state index contributed by atoms with van der Waals surface area (Å²) in [5, 5.41) is 28.7. The molecule has 3 aromatic rings. The number of hydroxylamine groups is 3. The van der Waals surface area contributed by atoms with Crippen molar-refractivity contribution in [3.63, 3.8) is 0 Å². The number of halogens is 6. The van der Waals surface area contributed by atoms with E-state index in [2.05, 4.69) is 5.32 Å². The number of carbonyl (C=O) groups excluding carboxylic acids is 1. The third-order valence-corrected chi connectivity index (χ3v) is 8.01. The summed E-state index contributed by atoms with van der Waals surface area (Å²) in [6.07, 6.45) is -9.98. The first-order chi connectivity index (χ1) is 20.4. The fraction of sp³-hybridized carbons (Fsp3) is 0.406. The number of amides is 1. The van der Waals surface area contributed by atoms with Gasteiger partial charge in [0.2, 0.25) is 0 Å². The number of ether oxygens (including phenoxy) is 1. The molecule has 1 amide bonds. The Bertz CT molecular complexity index is 1370. The Kier molecular flexibility index (Phi) is 9.39. The average Bonchev–Trinajstić information content (AvgIpc) is 2.92. The maximum Gasteiger partial charge on any atom is 0.416 e. The number of aliphatic hydroxyl groups is 1. The first kappa shape index (κ1) is 33.3. The van der Waals surface area contributed by atoms with Crippen LogP contribution in [0.1, 0.15) is 55.0 Å². The molecule has 44 heavy (non-hydrogen) atoms. The zero-order valence-corrected chi connectivity index (χ0v) is 24.4. The number of alkyl halides is 6. The third-order valence-electron chi connectivity index (χ3n) is 8.01. The Morgan fingerprint density at radius 3 is 1.75 bits per heavy atom. The fourth-order valence-corrected chi connectivity index (χ4v) is 5.98. The van der Waals surface area contributed by atoms with Gasteiger partial charge in [-0.15, -0.1) is 0 Å². The molecule has 0 radical (unpaired) electrons. The molecule has 1 fully saturated rings. The first-order valence-electron chi connectivity index (χ1n) is 14.1. The second-order valence-corrected chi connectivity index (χ2v) is 11.7. The van der Waals surface area contributed by atoms with E-state index in [4.69, 9.17) is 4.74 Å². The number of carbonyl (C=O) groups is 1. The van der Waals surface area contributed by atoms with Gasteiger partial charge in [0.05, 0.1) is 30.3 Å². The van der Waals surface area contributed by atoms with Crippen molar-refractivity contribution in [1.29, 1.82) is 0 Å². The molecule has 2 N–H and O–H groups in total. The van der Waals surface area contributed by atoms with Gasteiger partial charge in [0.15, 0.2) is 0 Å². The van der Waals surface area contributed by atoms with Crippen LogP contribution in [0.5, 0.6) is 0 Å². The van der Waals surface area contributed by atoms with Gasteiger partial charge in [0.25, 0.3) is 0 Å². The topological polar surface area (TPSA) is 81.6 Å². The summed E-state index contributed by atoms with van der Waals surface area (Å²) in [5.41, 5.74) is -2.45. The van der Waals surface area contributed by atoms with E-state index in [0.29, 0.717) is 11.3 Å². The molecule has 0 aromatic heterocycles. The molecule has 4 rings (SSSR count). The standard InChI is InChI=1S/C32H34F6N2O4/c1-20(2)44-29(41)39-27-14-4-22(5-15-27)19-40(43)17-16-28(21(3)18-40)30(42,23-6-10-25(11-7-23)31(33,34)35)24-8-12-26(13-9-24)32(36,37)38/h4-15,20-21,28,42H,16-19H2,1-3H3,(H,39,41)/t21-,28-,40?/m1/s1. The summed E-state index contributed by atoms with van der Waals surface area (Å²) in [6.45, 7) is 5.39. The maximum atomic E-state index is 13.9. The van der Waals surface area contributed by atoms with Crippen LogP contribution >= 0.6 is 0 Å². The number of quaternary nitrogens is 1. The number of likely N-dealkylation sites (tertiary alicyclic amines) is 1. The average molecular weight is 625 g/mol. The van der Waals surface area contributed by atoms with Gasteiger partial charge in [-0.2, -0.15) is 26.3 Å². The number of nitrogens with zero attached hydrogens (tertiary/aromatic N) is 1. The quantitative estimate of drug-likeness (QED) is 0.158. The lowest BCUT2D eigenvalue weighted by atomic mass is 9.67. The summed E-state index contributed by atoms with van der Waals surface area (Å²) in [7, 11) is 0. The van der Waals surface area contributed by atoms with Gasteiger partial charge in [-0.05, 0) is 61.4 Å². The van der Waals surface area contributed by atoms with E-state index < -0.39 is 51.7 Å². The van der Waals surface area contributed by atoms with Crippen LogP contribution in [0, 0.1) is 17.0 Å². The lowest BCUT2D eigenvalue weighted by Gasteiger charge is -2.53. The second-order valence-electron chi connectivity index (χ2n) is 11.7. The van der Waals surface area contributed by atoms with Gasteiger partial charge < -0.3 is 19.7 Å². The van der Waals surface area contributed by atoms with Gasteiger partial charge in [-0.1, -0.05) is 43.3 Å². The van der Waals surface area contributed by atoms with Crippen LogP contribution in [0.25, 0.3) is 0 Å². The monoisotopic (exact) mass is 624 g/mol. The summed E-state index contributed by atoms with van der Waals surface area (Å²) in [4.78, 5) is 11.8. The molecule has 1 heterocycles. The molecule has 0 aliphatic carbocycles. The second kappa shape index (κ2) is 12.4. The van der Waals surface area contributed by atoms with Crippen molar-refractivity contribution in [2.45, 2.75) is 57.8 Å². The number of benzene rings is 3. The highest BCUT2D eigenvalue weighted by Crippen LogP contribution is 2.47. The van der Waals surface area contributed by atoms with Crippen LogP contribution in [0.2, 0.25) is 0 Å². The first-order valence-corrected chi connectivity index (χ1v) is 14.1. The molecule has 1 saturated heterocycles. The van der Waals surface area contributed by atoms with Gasteiger partial charge >= 0.3 is 18.4 Å². The van der Waals surface area contributed by atoms with Crippen molar-refractivity contribution in [3.05, 3.63) is 106 Å². The van der Waals surface area contributed by atoms with Crippen LogP contribution in [0.15, 0.2) is 72.8 Å². The molecule has 1 unspecified atom stereocenters. The SMILES string of the molecule is CC(C)OC(=O)Nc1ccc(C[N+]2([O-])CC[C@@H](C(O)(c3ccc(C(F)(F)F)cc3)c3ccc(C(F)(F)F)cc3)[C@H](C)C2)cc1. The fourth-order valence-electron chi connectivity index (χ4n) is 5.98. The Balaban J connectivity index is 1.58. The summed E-state index contributed by atoms with van der Waals surface area (Å²) < 4.78 is 84.0. The molecule has 0 bridgehead atoms. The zero-order chi connectivity index (χ0) is 32.5. The Morgan fingerprint density at radius 1 is 0.886 bits per heavy atom. The van der Waals surface area contributed by atoms with Crippen LogP contribution in [0.4, 0.5) is 36.8 Å². The number of hydrogen-bond donors (Lipinski definition) is 2. The normalized spacial score (nSPS) is 21.3. The number of rotatable bonds is 7. The summed E-state index contributed by atoms with van der Waals surface area (Å²) in [6, 6.07) is 14.5. The van der Waals surface area contributed by atoms with E-state index in [1.54, 1.807) is 45.0 Å². The highest BCUT2D eigenvalue weighted by Gasteiger charge is 2.48. The smallest absolute Gasteiger partial charge is 0.416 e. The zero-order valence-electron chi connectivity index (χ0n) is 24.4. The molecule has 1 aliphatic rings. The maximum absolute atomic E-state index is 13.9. The van der Waals surface area contributed by atoms with E-state index >= 15 is 0 Å². The summed E-state index contributed by atoms with van der Waals surface area (Å²) in [5.74, 6) is -1.16.